The van der Waals surface area contributed by atoms with Gasteiger partial charge in [-0.05, 0) is 29.8 Å². The smallest absolute Gasteiger partial charge is 0.410 e. The lowest BCUT2D eigenvalue weighted by molar-refractivity contribution is -0.173. The zero-order chi connectivity index (χ0) is 23.3. The Morgan fingerprint density at radius 2 is 1.91 bits per heavy atom. The van der Waals surface area contributed by atoms with E-state index in [-0.39, 0.29) is 29.7 Å². The summed E-state index contributed by atoms with van der Waals surface area (Å²) < 4.78 is 53.8. The fourth-order valence-corrected chi connectivity index (χ4v) is 4.34. The van der Waals surface area contributed by atoms with Crippen molar-refractivity contribution < 1.29 is 27.4 Å². The number of nitrogens with one attached hydrogen (secondary N) is 2. The number of halogens is 5. The van der Waals surface area contributed by atoms with E-state index >= 15 is 0 Å². The summed E-state index contributed by atoms with van der Waals surface area (Å²) in [6, 6.07) is 9.06. The largest absolute Gasteiger partial charge is 0.454 e. The molecule has 2 atom stereocenters. The highest BCUT2D eigenvalue weighted by Crippen LogP contribution is 2.46. The van der Waals surface area contributed by atoms with E-state index in [2.05, 4.69) is 31.7 Å². The highest BCUT2D eigenvalue weighted by molar-refractivity contribution is 9.10. The molecule has 7 nitrogen and oxygen atoms in total. The molecular formula is C21H15BrClF3N4O3. The summed E-state index contributed by atoms with van der Waals surface area (Å²) in [5.74, 6) is 0.163. The van der Waals surface area contributed by atoms with Crippen molar-refractivity contribution in [1.82, 2.24) is 9.78 Å². The van der Waals surface area contributed by atoms with Crippen LogP contribution >= 0.6 is 27.5 Å². The number of aromatic nitrogens is 2. The van der Waals surface area contributed by atoms with Crippen LogP contribution in [-0.4, -0.2) is 28.7 Å². The van der Waals surface area contributed by atoms with Crippen LogP contribution in [0.5, 0.6) is 11.5 Å². The summed E-state index contributed by atoms with van der Waals surface area (Å²) in [5.41, 5.74) is 0.698. The molecule has 0 saturated carbocycles. The number of anilines is 2. The first-order chi connectivity index (χ1) is 15.7. The number of carbonyl (C=O) groups excluding carboxylic acids is 1. The summed E-state index contributed by atoms with van der Waals surface area (Å²) in [4.78, 5) is 12.8. The van der Waals surface area contributed by atoms with Crippen LogP contribution in [0.15, 0.2) is 46.9 Å². The Hall–Kier alpha value is -2.92. The van der Waals surface area contributed by atoms with Crippen LogP contribution in [0, 0.1) is 0 Å². The number of benzene rings is 2. The zero-order valence-electron chi connectivity index (χ0n) is 16.6. The van der Waals surface area contributed by atoms with E-state index in [1.54, 1.807) is 42.5 Å². The minimum absolute atomic E-state index is 0.0611. The van der Waals surface area contributed by atoms with Crippen LogP contribution in [0.3, 0.4) is 0 Å². The fraction of sp³-hybridized carbons (Fsp3) is 0.238. The van der Waals surface area contributed by atoms with Gasteiger partial charge < -0.3 is 20.1 Å². The molecule has 0 saturated heterocycles. The van der Waals surface area contributed by atoms with Gasteiger partial charge in [-0.1, -0.05) is 39.7 Å². The Morgan fingerprint density at radius 1 is 1.18 bits per heavy atom. The van der Waals surface area contributed by atoms with Crippen molar-refractivity contribution in [2.45, 2.75) is 24.7 Å². The molecule has 5 rings (SSSR count). The number of fused-ring (bicyclic) bond motifs is 2. The van der Waals surface area contributed by atoms with Crippen LogP contribution in [0.4, 0.5) is 24.7 Å². The van der Waals surface area contributed by atoms with Gasteiger partial charge in [-0.15, -0.1) is 0 Å². The van der Waals surface area contributed by atoms with Crippen LogP contribution in [0.25, 0.3) is 0 Å². The molecule has 0 unspecified atom stereocenters. The second-order valence-corrected chi connectivity index (χ2v) is 8.81. The van der Waals surface area contributed by atoms with Gasteiger partial charge in [0.25, 0.3) is 5.91 Å². The second-order valence-electron chi connectivity index (χ2n) is 7.52. The van der Waals surface area contributed by atoms with Gasteiger partial charge >= 0.3 is 6.18 Å². The molecule has 12 heteroatoms. The summed E-state index contributed by atoms with van der Waals surface area (Å²) in [6.45, 7) is 0.0658. The molecule has 172 valence electrons. The summed E-state index contributed by atoms with van der Waals surface area (Å²) in [5, 5.41) is 9.35. The van der Waals surface area contributed by atoms with Gasteiger partial charge in [0.2, 0.25) is 6.79 Å². The third-order valence-electron chi connectivity index (χ3n) is 5.41. The molecule has 0 spiro atoms. The molecule has 2 aromatic carbocycles. The minimum Gasteiger partial charge on any atom is -0.454 e. The Bertz CT molecular complexity index is 1230. The first-order valence-corrected chi connectivity index (χ1v) is 11.0. The quantitative estimate of drug-likeness (QED) is 0.428. The van der Waals surface area contributed by atoms with E-state index in [4.69, 9.17) is 21.1 Å². The van der Waals surface area contributed by atoms with Crippen LogP contribution in [-0.2, 0) is 0 Å². The van der Waals surface area contributed by atoms with Gasteiger partial charge in [0.05, 0.1) is 6.04 Å². The molecule has 0 fully saturated rings. The van der Waals surface area contributed by atoms with Crippen molar-refractivity contribution in [3.8, 4) is 11.5 Å². The first-order valence-electron chi connectivity index (χ1n) is 9.78. The average molecular weight is 544 g/mol. The maximum Gasteiger partial charge on any atom is 0.410 e. The van der Waals surface area contributed by atoms with Crippen molar-refractivity contribution in [2.75, 3.05) is 17.4 Å². The Kier molecular flexibility index (Phi) is 5.40. The van der Waals surface area contributed by atoms with Gasteiger partial charge in [-0.25, -0.2) is 4.68 Å². The van der Waals surface area contributed by atoms with Gasteiger partial charge in [0.15, 0.2) is 23.2 Å². The summed E-state index contributed by atoms with van der Waals surface area (Å²) in [7, 11) is 0. The molecule has 0 radical (unpaired) electrons. The number of rotatable bonds is 3. The lowest BCUT2D eigenvalue weighted by Gasteiger charge is -2.33. The van der Waals surface area contributed by atoms with Crippen molar-refractivity contribution in [1.29, 1.82) is 0 Å². The maximum atomic E-state index is 13.9. The monoisotopic (exact) mass is 542 g/mol. The lowest BCUT2D eigenvalue weighted by Crippen LogP contribution is -2.35. The number of hydrogen-bond donors (Lipinski definition) is 2. The van der Waals surface area contributed by atoms with E-state index in [1.807, 2.05) is 0 Å². The van der Waals surface area contributed by atoms with Crippen molar-refractivity contribution >= 4 is 44.9 Å². The van der Waals surface area contributed by atoms with Crippen molar-refractivity contribution in [2.24, 2.45) is 0 Å². The Morgan fingerprint density at radius 3 is 2.64 bits per heavy atom. The number of carbonyl (C=O) groups is 1. The number of alkyl halides is 3. The van der Waals surface area contributed by atoms with Crippen LogP contribution in [0.1, 0.15) is 34.6 Å². The van der Waals surface area contributed by atoms with Crippen LogP contribution < -0.4 is 20.1 Å². The van der Waals surface area contributed by atoms with Gasteiger partial charge in [-0.3, -0.25) is 4.79 Å². The topological polar surface area (TPSA) is 77.4 Å². The molecule has 1 aromatic heterocycles. The molecule has 2 aliphatic rings. The van der Waals surface area contributed by atoms with Gasteiger partial charge in [-0.2, -0.15) is 18.3 Å². The molecule has 0 aliphatic carbocycles. The summed E-state index contributed by atoms with van der Waals surface area (Å²) >= 11 is 9.68. The Labute approximate surface area is 198 Å². The second kappa shape index (κ2) is 8.14. The molecule has 2 N–H and O–H groups in total. The average Bonchev–Trinajstić information content (AvgIpc) is 3.37. The first kappa shape index (κ1) is 21.9. The molecule has 33 heavy (non-hydrogen) atoms. The van der Waals surface area contributed by atoms with Crippen molar-refractivity contribution in [3.63, 3.8) is 0 Å². The zero-order valence-corrected chi connectivity index (χ0v) is 19.0. The standard InChI is InChI=1S/C21H15BrClF3N4O3/c22-11-3-1-10(2-4-11)13-8-16(21(24,25)26)30-19(28-13)17(23)18(29-30)20(31)27-12-5-6-14-15(7-12)33-9-32-14/h1-7,13,16,28H,8-9H2,(H,27,31)/t13-,16-/m0/s1. The lowest BCUT2D eigenvalue weighted by atomic mass is 9.97. The van der Waals surface area contributed by atoms with Gasteiger partial charge in [0, 0.05) is 22.6 Å². The van der Waals surface area contributed by atoms with E-state index in [9.17, 15) is 18.0 Å². The highest BCUT2D eigenvalue weighted by atomic mass is 79.9. The number of ether oxygens (including phenoxy) is 2. The normalized spacial score (nSPS) is 19.1. The maximum absolute atomic E-state index is 13.9. The molecule has 3 heterocycles. The van der Waals surface area contributed by atoms with Crippen LogP contribution in [0.2, 0.25) is 5.02 Å². The fourth-order valence-electron chi connectivity index (χ4n) is 3.81. The number of amides is 1. The van der Waals surface area contributed by atoms with Crippen molar-refractivity contribution in [3.05, 3.63) is 63.2 Å². The van der Waals surface area contributed by atoms with E-state index in [0.29, 0.717) is 22.7 Å². The summed E-state index contributed by atoms with van der Waals surface area (Å²) in [6.07, 6.45) is -4.90. The molecule has 0 bridgehead atoms. The molecular weight excluding hydrogens is 529 g/mol. The third-order valence-corrected chi connectivity index (χ3v) is 6.30. The SMILES string of the molecule is O=C(Nc1ccc2c(c1)OCO2)c1nn2c(c1Cl)N[C@H](c1ccc(Br)cc1)C[C@H]2C(F)(F)F. The molecule has 2 aliphatic heterocycles. The predicted molar refractivity (Wildman–Crippen MR) is 118 cm³/mol. The van der Waals surface area contributed by atoms with Gasteiger partial charge in [0.1, 0.15) is 10.8 Å². The van der Waals surface area contributed by atoms with E-state index in [1.165, 1.54) is 0 Å². The molecule has 3 aromatic rings. The predicted octanol–water partition coefficient (Wildman–Crippen LogP) is 5.94. The minimum atomic E-state index is -4.59. The number of nitrogens with zero attached hydrogens (tertiary/aromatic N) is 2. The third kappa shape index (κ3) is 4.10. The Balaban J connectivity index is 1.47. The van der Waals surface area contributed by atoms with E-state index in [0.717, 1.165) is 9.15 Å². The number of hydrogen-bond acceptors (Lipinski definition) is 5. The highest BCUT2D eigenvalue weighted by Gasteiger charge is 2.47. The molecule has 1 amide bonds. The van der Waals surface area contributed by atoms with E-state index < -0.39 is 24.2 Å².